The van der Waals surface area contributed by atoms with Gasteiger partial charge < -0.3 is 25.4 Å². The number of hydrogen-bond donors (Lipinski definition) is 4. The Morgan fingerprint density at radius 2 is 2.26 bits per heavy atom. The summed E-state index contributed by atoms with van der Waals surface area (Å²) < 4.78 is 13.0. The van der Waals surface area contributed by atoms with Gasteiger partial charge in [0.1, 0.15) is 18.3 Å². The van der Waals surface area contributed by atoms with Gasteiger partial charge in [-0.2, -0.15) is 4.98 Å². The highest BCUT2D eigenvalue weighted by Crippen LogP contribution is 2.35. The maximum Gasteiger partial charge on any atom is 0.280 e. The molecule has 0 radical (unpaired) electrons. The minimum Gasteiger partial charge on any atom is -0.394 e. The number of aromatic amines is 1. The topological polar surface area (TPSA) is 149 Å². The zero-order valence-electron chi connectivity index (χ0n) is 12.1. The standard InChI is InChI=1S/C12H16BrN5O5/c1-2-22-7-6(20)4(3-19)23-10(7)18-8-5(15-11(18)13)9(21)17-12(14)16-8/h4,6-7,10,19-20H,2-3H2,1H3,(H3,14,16,17,21)/t4-,6-,7-,10-/m1/s1. The fourth-order valence-electron chi connectivity index (χ4n) is 2.65. The Kier molecular flexibility index (Phi) is 4.38. The summed E-state index contributed by atoms with van der Waals surface area (Å²) in [6, 6.07) is 0. The SMILES string of the molecule is CCO[C@@H]1[C@H](O)[C@@H](CO)O[C@H]1n1c(Br)nc2c(=O)[nH]c(N)nc21. The molecule has 0 unspecified atom stereocenters. The third-order valence-corrected chi connectivity index (χ3v) is 4.19. The van der Waals surface area contributed by atoms with Gasteiger partial charge in [-0.15, -0.1) is 0 Å². The predicted molar refractivity (Wildman–Crippen MR) is 82.7 cm³/mol. The first-order chi connectivity index (χ1) is 11.0. The van der Waals surface area contributed by atoms with E-state index in [9.17, 15) is 15.0 Å². The third-order valence-electron chi connectivity index (χ3n) is 3.63. The highest BCUT2D eigenvalue weighted by Gasteiger charge is 2.46. The minimum atomic E-state index is -1.03. The third kappa shape index (κ3) is 2.64. The molecule has 0 bridgehead atoms. The van der Waals surface area contributed by atoms with E-state index < -0.39 is 30.1 Å². The molecule has 10 nitrogen and oxygen atoms in total. The normalized spacial score (nSPS) is 27.8. The van der Waals surface area contributed by atoms with E-state index in [-0.39, 0.29) is 28.5 Å². The Labute approximate surface area is 138 Å². The van der Waals surface area contributed by atoms with E-state index in [1.165, 1.54) is 4.57 Å². The predicted octanol–water partition coefficient (Wildman–Crippen LogP) is -0.880. The van der Waals surface area contributed by atoms with Gasteiger partial charge in [0.15, 0.2) is 22.1 Å². The molecule has 0 aromatic carbocycles. The number of nitrogens with one attached hydrogen (secondary N) is 1. The lowest BCUT2D eigenvalue weighted by molar-refractivity contribution is -0.0687. The van der Waals surface area contributed by atoms with Crippen molar-refractivity contribution in [3.05, 3.63) is 15.1 Å². The van der Waals surface area contributed by atoms with E-state index >= 15 is 0 Å². The maximum atomic E-state index is 11.9. The van der Waals surface area contributed by atoms with Crippen LogP contribution in [0.5, 0.6) is 0 Å². The summed E-state index contributed by atoms with van der Waals surface area (Å²) in [6.45, 7) is 1.74. The van der Waals surface area contributed by atoms with Crippen LogP contribution in [0.25, 0.3) is 11.2 Å². The second-order valence-corrected chi connectivity index (χ2v) is 5.74. The number of aromatic nitrogens is 4. The zero-order chi connectivity index (χ0) is 16.7. The molecule has 3 heterocycles. The van der Waals surface area contributed by atoms with Crippen LogP contribution in [-0.4, -0.2) is 61.3 Å². The Balaban J connectivity index is 2.15. The van der Waals surface area contributed by atoms with Crippen LogP contribution >= 0.6 is 15.9 Å². The molecule has 2 aromatic heterocycles. The first kappa shape index (κ1) is 16.3. The van der Waals surface area contributed by atoms with Crippen LogP contribution in [-0.2, 0) is 9.47 Å². The number of nitrogens with two attached hydrogens (primary N) is 1. The number of fused-ring (bicyclic) bond motifs is 1. The van der Waals surface area contributed by atoms with Gasteiger partial charge >= 0.3 is 0 Å². The second-order valence-electron chi connectivity index (χ2n) is 5.03. The Morgan fingerprint density at radius 3 is 2.91 bits per heavy atom. The van der Waals surface area contributed by atoms with Gasteiger partial charge in [-0.1, -0.05) is 0 Å². The molecular weight excluding hydrogens is 374 g/mol. The van der Waals surface area contributed by atoms with Crippen molar-refractivity contribution in [2.24, 2.45) is 0 Å². The van der Waals surface area contributed by atoms with Crippen molar-refractivity contribution in [2.45, 2.75) is 31.5 Å². The van der Waals surface area contributed by atoms with E-state index in [1.807, 2.05) is 0 Å². The number of nitrogen functional groups attached to an aromatic ring is 1. The molecule has 4 atom stereocenters. The molecule has 5 N–H and O–H groups in total. The Morgan fingerprint density at radius 1 is 1.52 bits per heavy atom. The molecule has 1 fully saturated rings. The van der Waals surface area contributed by atoms with Gasteiger partial charge in [-0.3, -0.25) is 14.3 Å². The van der Waals surface area contributed by atoms with Crippen LogP contribution in [0.15, 0.2) is 9.53 Å². The number of ether oxygens (including phenoxy) is 2. The van der Waals surface area contributed by atoms with E-state index in [1.54, 1.807) is 6.92 Å². The fourth-order valence-corrected chi connectivity index (χ4v) is 3.20. The highest BCUT2D eigenvalue weighted by molar-refractivity contribution is 9.10. The van der Waals surface area contributed by atoms with Crippen molar-refractivity contribution in [1.82, 2.24) is 19.5 Å². The monoisotopic (exact) mass is 389 g/mol. The van der Waals surface area contributed by atoms with Crippen molar-refractivity contribution in [3.63, 3.8) is 0 Å². The van der Waals surface area contributed by atoms with Crippen molar-refractivity contribution < 1.29 is 19.7 Å². The van der Waals surface area contributed by atoms with Gasteiger partial charge in [0, 0.05) is 6.61 Å². The van der Waals surface area contributed by atoms with Crippen molar-refractivity contribution in [2.75, 3.05) is 18.9 Å². The molecule has 3 rings (SSSR count). The summed E-state index contributed by atoms with van der Waals surface area (Å²) in [5.74, 6) is -0.0682. The van der Waals surface area contributed by atoms with Crippen LogP contribution in [0.1, 0.15) is 13.2 Å². The average Bonchev–Trinajstić information content (AvgIpc) is 2.98. The fraction of sp³-hybridized carbons (Fsp3) is 0.583. The summed E-state index contributed by atoms with van der Waals surface area (Å²) in [4.78, 5) is 22.5. The number of aliphatic hydroxyl groups excluding tert-OH is 2. The maximum absolute atomic E-state index is 11.9. The highest BCUT2D eigenvalue weighted by atomic mass is 79.9. The van der Waals surface area contributed by atoms with E-state index in [4.69, 9.17) is 15.2 Å². The first-order valence-electron chi connectivity index (χ1n) is 6.97. The van der Waals surface area contributed by atoms with E-state index in [2.05, 4.69) is 30.9 Å². The summed E-state index contributed by atoms with van der Waals surface area (Å²) in [6.07, 6.45) is -3.43. The Hall–Kier alpha value is -1.53. The number of hydrogen-bond acceptors (Lipinski definition) is 8. The van der Waals surface area contributed by atoms with Crippen molar-refractivity contribution in [3.8, 4) is 0 Å². The molecule has 0 saturated carbocycles. The number of anilines is 1. The number of imidazole rings is 1. The zero-order valence-corrected chi connectivity index (χ0v) is 13.7. The molecule has 11 heteroatoms. The molecule has 1 aliphatic heterocycles. The van der Waals surface area contributed by atoms with Gasteiger partial charge in [0.05, 0.1) is 6.61 Å². The summed E-state index contributed by atoms with van der Waals surface area (Å²) in [7, 11) is 0. The molecular formula is C12H16BrN5O5. The van der Waals surface area contributed by atoms with Crippen molar-refractivity contribution in [1.29, 1.82) is 0 Å². The number of aliphatic hydroxyl groups is 2. The molecule has 126 valence electrons. The van der Waals surface area contributed by atoms with E-state index in [0.717, 1.165) is 0 Å². The summed E-state index contributed by atoms with van der Waals surface area (Å²) in [5.41, 5.74) is 5.37. The van der Waals surface area contributed by atoms with Crippen LogP contribution in [0.3, 0.4) is 0 Å². The number of rotatable bonds is 4. The van der Waals surface area contributed by atoms with Gasteiger partial charge in [0.25, 0.3) is 5.56 Å². The van der Waals surface area contributed by atoms with Crippen LogP contribution < -0.4 is 11.3 Å². The summed E-state index contributed by atoms with van der Waals surface area (Å²) >= 11 is 3.26. The second kappa shape index (κ2) is 6.17. The largest absolute Gasteiger partial charge is 0.394 e. The molecule has 1 saturated heterocycles. The summed E-state index contributed by atoms with van der Waals surface area (Å²) in [5, 5.41) is 19.6. The lowest BCUT2D eigenvalue weighted by atomic mass is 10.1. The quantitative estimate of drug-likeness (QED) is 0.492. The lowest BCUT2D eigenvalue weighted by Gasteiger charge is -2.22. The van der Waals surface area contributed by atoms with E-state index in [0.29, 0.717) is 6.61 Å². The molecule has 0 aliphatic carbocycles. The number of nitrogens with zero attached hydrogens (tertiary/aromatic N) is 3. The smallest absolute Gasteiger partial charge is 0.280 e. The van der Waals surface area contributed by atoms with Crippen LogP contribution in [0, 0.1) is 0 Å². The van der Waals surface area contributed by atoms with Crippen molar-refractivity contribution >= 4 is 33.0 Å². The number of H-pyrrole nitrogens is 1. The van der Waals surface area contributed by atoms with Gasteiger partial charge in [-0.25, -0.2) is 4.98 Å². The molecule has 0 spiro atoms. The molecule has 23 heavy (non-hydrogen) atoms. The van der Waals surface area contributed by atoms with Crippen LogP contribution in [0.4, 0.5) is 5.95 Å². The lowest BCUT2D eigenvalue weighted by Crippen LogP contribution is -2.35. The van der Waals surface area contributed by atoms with Gasteiger partial charge in [-0.05, 0) is 22.9 Å². The average molecular weight is 390 g/mol. The van der Waals surface area contributed by atoms with Crippen LogP contribution in [0.2, 0.25) is 0 Å². The number of halogens is 1. The minimum absolute atomic E-state index is 0.0682. The molecule has 2 aromatic rings. The molecule has 0 amide bonds. The first-order valence-corrected chi connectivity index (χ1v) is 7.76. The molecule has 1 aliphatic rings. The Bertz CT molecular complexity index is 777. The van der Waals surface area contributed by atoms with Gasteiger partial charge in [0.2, 0.25) is 5.95 Å².